The molecule has 0 spiro atoms. The average Bonchev–Trinajstić information content (AvgIpc) is 2.34. The molecule has 0 amide bonds. The third kappa shape index (κ3) is 5.05. The molecule has 0 aromatic rings. The Balaban J connectivity index is 2.00. The lowest BCUT2D eigenvalue weighted by atomic mass is 10.0. The first-order valence-corrected chi connectivity index (χ1v) is 6.45. The second-order valence-corrected chi connectivity index (χ2v) is 4.51. The van der Waals surface area contributed by atoms with Gasteiger partial charge >= 0.3 is 0 Å². The number of nitrogens with one attached hydrogen (secondary N) is 1. The fourth-order valence-corrected chi connectivity index (χ4v) is 2.06. The highest BCUT2D eigenvalue weighted by atomic mass is 16.1. The topological polar surface area (TPSA) is 58.4 Å². The van der Waals surface area contributed by atoms with E-state index in [1.165, 1.54) is 0 Å². The van der Waals surface area contributed by atoms with Crippen molar-refractivity contribution in [2.45, 2.75) is 38.6 Å². The summed E-state index contributed by atoms with van der Waals surface area (Å²) in [6.07, 6.45) is 3.64. The van der Waals surface area contributed by atoms with Crippen LogP contribution in [0.5, 0.6) is 0 Å². The first-order chi connectivity index (χ1) is 7.74. The summed E-state index contributed by atoms with van der Waals surface area (Å²) < 4.78 is 0. The standard InChI is InChI=1S/C12H25N3O/c1-2-12(16)11(13)5-3-4-8-15-9-6-14-7-10-15/h11,14H,2-10,13H2,1H3/t11-/m0/s1. The largest absolute Gasteiger partial charge is 0.322 e. The van der Waals surface area contributed by atoms with E-state index in [4.69, 9.17) is 5.73 Å². The number of ketones is 1. The first-order valence-electron chi connectivity index (χ1n) is 6.45. The van der Waals surface area contributed by atoms with Gasteiger partial charge in [-0.2, -0.15) is 0 Å². The zero-order chi connectivity index (χ0) is 11.8. The lowest BCUT2D eigenvalue weighted by Gasteiger charge is -2.27. The van der Waals surface area contributed by atoms with Crippen LogP contribution in [0.3, 0.4) is 0 Å². The minimum absolute atomic E-state index is 0.196. The van der Waals surface area contributed by atoms with Crippen LogP contribution >= 0.6 is 0 Å². The Morgan fingerprint density at radius 1 is 1.38 bits per heavy atom. The van der Waals surface area contributed by atoms with E-state index in [1.54, 1.807) is 0 Å². The molecule has 0 unspecified atom stereocenters. The molecule has 0 aliphatic carbocycles. The van der Waals surface area contributed by atoms with E-state index in [2.05, 4.69) is 10.2 Å². The molecular formula is C12H25N3O. The van der Waals surface area contributed by atoms with Gasteiger partial charge in [-0.3, -0.25) is 4.79 Å². The van der Waals surface area contributed by atoms with Crippen LogP contribution < -0.4 is 11.1 Å². The maximum absolute atomic E-state index is 11.3. The van der Waals surface area contributed by atoms with Gasteiger partial charge in [0, 0.05) is 32.6 Å². The van der Waals surface area contributed by atoms with Crippen LogP contribution in [0.2, 0.25) is 0 Å². The number of carbonyl (C=O) groups excluding carboxylic acids is 1. The van der Waals surface area contributed by atoms with Gasteiger partial charge in [0.15, 0.2) is 0 Å². The van der Waals surface area contributed by atoms with Gasteiger partial charge < -0.3 is 16.0 Å². The summed E-state index contributed by atoms with van der Waals surface area (Å²) >= 11 is 0. The Bertz CT molecular complexity index is 202. The number of hydrogen-bond donors (Lipinski definition) is 2. The summed E-state index contributed by atoms with van der Waals surface area (Å²) in [6, 6.07) is -0.229. The molecule has 4 nitrogen and oxygen atoms in total. The number of nitrogens with two attached hydrogens (primary N) is 1. The summed E-state index contributed by atoms with van der Waals surface area (Å²) in [6.45, 7) is 7.54. The van der Waals surface area contributed by atoms with Gasteiger partial charge in [-0.1, -0.05) is 13.3 Å². The monoisotopic (exact) mass is 227 g/mol. The number of carbonyl (C=O) groups is 1. The maximum atomic E-state index is 11.3. The van der Waals surface area contributed by atoms with Crippen LogP contribution in [0.4, 0.5) is 0 Å². The van der Waals surface area contributed by atoms with Gasteiger partial charge in [-0.15, -0.1) is 0 Å². The Hall–Kier alpha value is -0.450. The molecule has 1 atom stereocenters. The van der Waals surface area contributed by atoms with Gasteiger partial charge in [0.05, 0.1) is 6.04 Å². The molecule has 0 saturated carbocycles. The van der Waals surface area contributed by atoms with Gasteiger partial charge in [-0.05, 0) is 19.4 Å². The van der Waals surface area contributed by atoms with Crippen molar-refractivity contribution < 1.29 is 4.79 Å². The van der Waals surface area contributed by atoms with E-state index in [-0.39, 0.29) is 11.8 Å². The lowest BCUT2D eigenvalue weighted by Crippen LogP contribution is -2.43. The van der Waals surface area contributed by atoms with Crippen molar-refractivity contribution in [1.29, 1.82) is 0 Å². The number of piperazine rings is 1. The fraction of sp³-hybridized carbons (Fsp3) is 0.917. The number of unbranched alkanes of at least 4 members (excludes halogenated alkanes) is 1. The number of rotatable bonds is 7. The van der Waals surface area contributed by atoms with Gasteiger partial charge in [0.2, 0.25) is 0 Å². The molecule has 16 heavy (non-hydrogen) atoms. The van der Waals surface area contributed by atoms with Crippen molar-refractivity contribution in [2.75, 3.05) is 32.7 Å². The van der Waals surface area contributed by atoms with Crippen LogP contribution in [0.15, 0.2) is 0 Å². The maximum Gasteiger partial charge on any atom is 0.149 e. The second-order valence-electron chi connectivity index (χ2n) is 4.51. The summed E-state index contributed by atoms with van der Waals surface area (Å²) in [5, 5.41) is 3.34. The minimum Gasteiger partial charge on any atom is -0.322 e. The van der Waals surface area contributed by atoms with E-state index < -0.39 is 0 Å². The first kappa shape index (κ1) is 13.6. The predicted octanol–water partition coefficient (Wildman–Crippen LogP) is 0.368. The van der Waals surface area contributed by atoms with Crippen LogP contribution in [-0.2, 0) is 4.79 Å². The van der Waals surface area contributed by atoms with Crippen LogP contribution in [0.25, 0.3) is 0 Å². The number of Topliss-reactive ketones (excluding diaryl/α,β-unsaturated/α-hetero) is 1. The Labute approximate surface area is 98.6 Å². The molecule has 1 saturated heterocycles. The second kappa shape index (κ2) is 7.76. The molecule has 1 heterocycles. The van der Waals surface area contributed by atoms with E-state index in [0.717, 1.165) is 52.0 Å². The van der Waals surface area contributed by atoms with E-state index in [9.17, 15) is 4.79 Å². The third-order valence-electron chi connectivity index (χ3n) is 3.21. The molecule has 1 fully saturated rings. The van der Waals surface area contributed by atoms with Crippen molar-refractivity contribution in [3.8, 4) is 0 Å². The molecule has 0 aromatic heterocycles. The SMILES string of the molecule is CCC(=O)[C@@H](N)CCCCN1CCNCC1. The molecule has 0 aromatic carbocycles. The van der Waals surface area contributed by atoms with Gasteiger partial charge in [0.25, 0.3) is 0 Å². The van der Waals surface area contributed by atoms with Crippen molar-refractivity contribution in [3.63, 3.8) is 0 Å². The molecule has 1 rings (SSSR count). The normalized spacial score (nSPS) is 19.6. The smallest absolute Gasteiger partial charge is 0.149 e. The molecule has 4 heteroatoms. The number of hydrogen-bond acceptors (Lipinski definition) is 4. The van der Waals surface area contributed by atoms with E-state index in [0.29, 0.717) is 6.42 Å². The average molecular weight is 227 g/mol. The molecule has 3 N–H and O–H groups in total. The van der Waals surface area contributed by atoms with Crippen LogP contribution in [0, 0.1) is 0 Å². The third-order valence-corrected chi connectivity index (χ3v) is 3.21. The van der Waals surface area contributed by atoms with E-state index in [1.807, 2.05) is 6.92 Å². The Kier molecular flexibility index (Phi) is 6.61. The van der Waals surface area contributed by atoms with Crippen LogP contribution in [-0.4, -0.2) is 49.4 Å². The number of nitrogens with zero attached hydrogens (tertiary/aromatic N) is 1. The van der Waals surface area contributed by atoms with E-state index >= 15 is 0 Å². The quantitative estimate of drug-likeness (QED) is 0.617. The fourth-order valence-electron chi connectivity index (χ4n) is 2.06. The zero-order valence-corrected chi connectivity index (χ0v) is 10.4. The molecule has 0 radical (unpaired) electrons. The van der Waals surface area contributed by atoms with Gasteiger partial charge in [-0.25, -0.2) is 0 Å². The summed E-state index contributed by atoms with van der Waals surface area (Å²) in [7, 11) is 0. The van der Waals surface area contributed by atoms with Crippen molar-refractivity contribution >= 4 is 5.78 Å². The molecule has 1 aliphatic heterocycles. The highest BCUT2D eigenvalue weighted by Crippen LogP contribution is 2.04. The Morgan fingerprint density at radius 2 is 2.06 bits per heavy atom. The Morgan fingerprint density at radius 3 is 2.69 bits per heavy atom. The van der Waals surface area contributed by atoms with Crippen LogP contribution in [0.1, 0.15) is 32.6 Å². The van der Waals surface area contributed by atoms with Gasteiger partial charge in [0.1, 0.15) is 5.78 Å². The van der Waals surface area contributed by atoms with Crippen molar-refractivity contribution in [1.82, 2.24) is 10.2 Å². The lowest BCUT2D eigenvalue weighted by molar-refractivity contribution is -0.120. The van der Waals surface area contributed by atoms with Crippen molar-refractivity contribution in [3.05, 3.63) is 0 Å². The zero-order valence-electron chi connectivity index (χ0n) is 10.4. The summed E-state index contributed by atoms with van der Waals surface area (Å²) in [4.78, 5) is 13.7. The highest BCUT2D eigenvalue weighted by molar-refractivity contribution is 5.83. The highest BCUT2D eigenvalue weighted by Gasteiger charge is 2.12. The molecule has 0 bridgehead atoms. The molecule has 1 aliphatic rings. The minimum atomic E-state index is -0.229. The summed E-state index contributed by atoms with van der Waals surface area (Å²) in [5.74, 6) is 0.196. The predicted molar refractivity (Wildman–Crippen MR) is 66.4 cm³/mol. The molecular weight excluding hydrogens is 202 g/mol. The molecule has 94 valence electrons. The van der Waals surface area contributed by atoms with Crippen molar-refractivity contribution in [2.24, 2.45) is 5.73 Å². The summed E-state index contributed by atoms with van der Waals surface area (Å²) in [5.41, 5.74) is 5.77.